The molecule has 2 aliphatic heterocycles. The van der Waals surface area contributed by atoms with Crippen LogP contribution in [0.1, 0.15) is 5.56 Å². The van der Waals surface area contributed by atoms with E-state index in [0.717, 1.165) is 25.1 Å². The SMILES string of the molecule is O=S1(=O)c2ccccc2CC2CNCCN21. The molecule has 1 saturated heterocycles. The molecule has 0 aromatic heterocycles. The van der Waals surface area contributed by atoms with Gasteiger partial charge in [-0.3, -0.25) is 0 Å². The zero-order valence-electron chi connectivity index (χ0n) is 8.89. The molecule has 0 amide bonds. The van der Waals surface area contributed by atoms with Crippen molar-refractivity contribution < 1.29 is 8.42 Å². The fourth-order valence-corrected chi connectivity index (χ4v) is 4.40. The molecule has 1 unspecified atom stereocenters. The Morgan fingerprint density at radius 3 is 3.00 bits per heavy atom. The van der Waals surface area contributed by atoms with Crippen LogP contribution in [-0.4, -0.2) is 38.4 Å². The number of nitrogens with zero attached hydrogens (tertiary/aromatic N) is 1. The number of sulfonamides is 1. The fraction of sp³-hybridized carbons (Fsp3) is 0.455. The van der Waals surface area contributed by atoms with E-state index >= 15 is 0 Å². The summed E-state index contributed by atoms with van der Waals surface area (Å²) in [5, 5.41) is 3.25. The maximum Gasteiger partial charge on any atom is 0.243 e. The summed E-state index contributed by atoms with van der Waals surface area (Å²) in [6.07, 6.45) is 0.822. The Kier molecular flexibility index (Phi) is 2.27. The Morgan fingerprint density at radius 1 is 1.31 bits per heavy atom. The van der Waals surface area contributed by atoms with Gasteiger partial charge in [-0.2, -0.15) is 4.31 Å². The number of piperazine rings is 1. The number of rotatable bonds is 0. The average Bonchev–Trinajstić information content (AvgIpc) is 2.29. The smallest absolute Gasteiger partial charge is 0.243 e. The predicted molar refractivity (Wildman–Crippen MR) is 60.7 cm³/mol. The molecule has 4 nitrogen and oxygen atoms in total. The van der Waals surface area contributed by atoms with Crippen molar-refractivity contribution in [3.05, 3.63) is 29.8 Å². The highest BCUT2D eigenvalue weighted by molar-refractivity contribution is 7.89. The van der Waals surface area contributed by atoms with Gasteiger partial charge in [0, 0.05) is 25.7 Å². The van der Waals surface area contributed by atoms with E-state index in [2.05, 4.69) is 5.32 Å². The van der Waals surface area contributed by atoms with Gasteiger partial charge in [-0.15, -0.1) is 0 Å². The van der Waals surface area contributed by atoms with Gasteiger partial charge in [0.2, 0.25) is 10.0 Å². The first-order valence-electron chi connectivity index (χ1n) is 5.50. The molecule has 1 atom stereocenters. The minimum absolute atomic E-state index is 0.0913. The zero-order valence-corrected chi connectivity index (χ0v) is 9.70. The average molecular weight is 238 g/mol. The van der Waals surface area contributed by atoms with Crippen LogP contribution in [0.15, 0.2) is 29.2 Å². The third kappa shape index (κ3) is 1.39. The predicted octanol–water partition coefficient (Wildman–Crippen LogP) is 0.205. The van der Waals surface area contributed by atoms with Gasteiger partial charge in [0.05, 0.1) is 4.90 Å². The van der Waals surface area contributed by atoms with Crippen LogP contribution in [0.5, 0.6) is 0 Å². The highest BCUT2D eigenvalue weighted by Crippen LogP contribution is 2.30. The number of nitrogens with one attached hydrogen (secondary N) is 1. The van der Waals surface area contributed by atoms with Gasteiger partial charge in [0.25, 0.3) is 0 Å². The molecule has 2 aliphatic rings. The van der Waals surface area contributed by atoms with Crippen molar-refractivity contribution in [1.82, 2.24) is 9.62 Å². The van der Waals surface area contributed by atoms with E-state index in [0.29, 0.717) is 11.4 Å². The van der Waals surface area contributed by atoms with Gasteiger partial charge in [-0.25, -0.2) is 8.42 Å². The molecule has 0 radical (unpaired) electrons. The standard InChI is InChI=1S/C11H14N2O2S/c14-16(15)11-4-2-1-3-9(11)7-10-8-12-5-6-13(10)16/h1-4,10,12H,5-8H2. The molecule has 3 rings (SSSR count). The van der Waals surface area contributed by atoms with E-state index < -0.39 is 10.0 Å². The second-order valence-corrected chi connectivity index (χ2v) is 6.14. The van der Waals surface area contributed by atoms with Crippen molar-refractivity contribution >= 4 is 10.0 Å². The number of benzene rings is 1. The Hall–Kier alpha value is -0.910. The Morgan fingerprint density at radius 2 is 2.12 bits per heavy atom. The largest absolute Gasteiger partial charge is 0.314 e. The van der Waals surface area contributed by atoms with Gasteiger partial charge in [-0.1, -0.05) is 18.2 Å². The van der Waals surface area contributed by atoms with Gasteiger partial charge in [-0.05, 0) is 18.1 Å². The molecule has 0 bridgehead atoms. The summed E-state index contributed by atoms with van der Waals surface area (Å²) in [6.45, 7) is 2.09. The highest BCUT2D eigenvalue weighted by atomic mass is 32.2. The second-order valence-electron chi connectivity index (χ2n) is 4.29. The Balaban J connectivity index is 2.15. The van der Waals surface area contributed by atoms with E-state index in [4.69, 9.17) is 0 Å². The van der Waals surface area contributed by atoms with E-state index in [1.807, 2.05) is 12.1 Å². The third-order valence-corrected chi connectivity index (χ3v) is 5.36. The Labute approximate surface area is 95.3 Å². The molecule has 5 heteroatoms. The van der Waals surface area contributed by atoms with E-state index in [1.54, 1.807) is 16.4 Å². The number of hydrogen-bond acceptors (Lipinski definition) is 3. The normalized spacial score (nSPS) is 28.1. The molecular formula is C11H14N2O2S. The van der Waals surface area contributed by atoms with Crippen LogP contribution in [-0.2, 0) is 16.4 Å². The van der Waals surface area contributed by atoms with Gasteiger partial charge in [0.15, 0.2) is 0 Å². The molecule has 1 aromatic carbocycles. The highest BCUT2D eigenvalue weighted by Gasteiger charge is 2.38. The first-order valence-corrected chi connectivity index (χ1v) is 6.94. The summed E-state index contributed by atoms with van der Waals surface area (Å²) in [4.78, 5) is 0.494. The van der Waals surface area contributed by atoms with Gasteiger partial charge >= 0.3 is 0 Å². The molecule has 1 fully saturated rings. The van der Waals surface area contributed by atoms with Crippen LogP contribution in [0.3, 0.4) is 0 Å². The molecule has 1 N–H and O–H groups in total. The molecule has 86 valence electrons. The molecule has 0 aliphatic carbocycles. The topological polar surface area (TPSA) is 49.4 Å². The van der Waals surface area contributed by atoms with E-state index in [9.17, 15) is 8.42 Å². The molecular weight excluding hydrogens is 224 g/mol. The monoisotopic (exact) mass is 238 g/mol. The molecule has 16 heavy (non-hydrogen) atoms. The summed E-state index contributed by atoms with van der Waals surface area (Å²) < 4.78 is 26.3. The third-order valence-electron chi connectivity index (χ3n) is 3.31. The summed E-state index contributed by atoms with van der Waals surface area (Å²) in [7, 11) is -3.25. The van der Waals surface area contributed by atoms with Crippen molar-refractivity contribution in [3.8, 4) is 0 Å². The summed E-state index contributed by atoms with van der Waals surface area (Å²) in [5.74, 6) is 0. The fourth-order valence-electron chi connectivity index (χ4n) is 2.54. The second kappa shape index (κ2) is 3.55. The lowest BCUT2D eigenvalue weighted by atomic mass is 10.0. The van der Waals surface area contributed by atoms with Crippen molar-refractivity contribution in [3.63, 3.8) is 0 Å². The lowest BCUT2D eigenvalue weighted by Crippen LogP contribution is -2.56. The lowest BCUT2D eigenvalue weighted by molar-refractivity contribution is 0.257. The minimum Gasteiger partial charge on any atom is -0.314 e. The Bertz CT molecular complexity index is 512. The first kappa shape index (κ1) is 10.3. The molecule has 0 saturated carbocycles. The van der Waals surface area contributed by atoms with Gasteiger partial charge < -0.3 is 5.32 Å². The molecule has 1 aromatic rings. The number of fused-ring (bicyclic) bond motifs is 2. The minimum atomic E-state index is -3.25. The summed E-state index contributed by atoms with van der Waals surface area (Å²) in [5.41, 5.74) is 0.951. The van der Waals surface area contributed by atoms with Crippen molar-refractivity contribution in [2.45, 2.75) is 17.4 Å². The van der Waals surface area contributed by atoms with Crippen LogP contribution in [0.25, 0.3) is 0 Å². The molecule has 0 spiro atoms. The molecule has 2 heterocycles. The summed E-state index contributed by atoms with van der Waals surface area (Å²) >= 11 is 0. The van der Waals surface area contributed by atoms with Crippen LogP contribution >= 0.6 is 0 Å². The van der Waals surface area contributed by atoms with Crippen molar-refractivity contribution in [2.75, 3.05) is 19.6 Å². The van der Waals surface area contributed by atoms with Gasteiger partial charge in [0.1, 0.15) is 0 Å². The van der Waals surface area contributed by atoms with Crippen LogP contribution < -0.4 is 5.32 Å². The van der Waals surface area contributed by atoms with E-state index in [1.165, 1.54) is 0 Å². The summed E-state index contributed by atoms with van der Waals surface area (Å²) in [6, 6.07) is 7.41. The quantitative estimate of drug-likeness (QED) is 0.702. The van der Waals surface area contributed by atoms with Crippen LogP contribution in [0.2, 0.25) is 0 Å². The lowest BCUT2D eigenvalue weighted by Gasteiger charge is -2.39. The van der Waals surface area contributed by atoms with Crippen molar-refractivity contribution in [2.24, 2.45) is 0 Å². The van der Waals surface area contributed by atoms with Crippen LogP contribution in [0, 0.1) is 0 Å². The zero-order chi connectivity index (χ0) is 11.2. The maximum atomic E-state index is 12.3. The maximum absolute atomic E-state index is 12.3. The number of hydrogen-bond donors (Lipinski definition) is 1. The first-order chi connectivity index (χ1) is 7.69. The van der Waals surface area contributed by atoms with Crippen molar-refractivity contribution in [1.29, 1.82) is 0 Å². The van der Waals surface area contributed by atoms with Crippen LogP contribution in [0.4, 0.5) is 0 Å². The van der Waals surface area contributed by atoms with E-state index in [-0.39, 0.29) is 6.04 Å².